The normalized spacial score (nSPS) is 14.5. The molecule has 0 saturated carbocycles. The highest BCUT2D eigenvalue weighted by Crippen LogP contribution is 2.32. The molecule has 3 aromatic rings. The first-order valence-corrected chi connectivity index (χ1v) is 12.9. The first-order valence-electron chi connectivity index (χ1n) is 11.3. The largest absolute Gasteiger partial charge is 0.383 e. The number of benzene rings is 3. The van der Waals surface area contributed by atoms with E-state index in [0.717, 1.165) is 29.9 Å². The van der Waals surface area contributed by atoms with Crippen molar-refractivity contribution in [3.05, 3.63) is 111 Å². The monoisotopic (exact) mass is 629 g/mol. The zero-order valence-corrected chi connectivity index (χ0v) is 24.4. The van der Waals surface area contributed by atoms with E-state index in [1.807, 2.05) is 48.7 Å². The topological polar surface area (TPSA) is 27.7 Å². The molecule has 1 heterocycles. The quantitative estimate of drug-likeness (QED) is 0.179. The zero-order valence-electron chi connectivity index (χ0n) is 19.7. The van der Waals surface area contributed by atoms with Gasteiger partial charge in [0.15, 0.2) is 0 Å². The van der Waals surface area contributed by atoms with Crippen LogP contribution in [-0.4, -0.2) is 35.1 Å². The van der Waals surface area contributed by atoms with Crippen LogP contribution in [0.5, 0.6) is 0 Å². The summed E-state index contributed by atoms with van der Waals surface area (Å²) in [5, 5.41) is 5.31. The number of hydrogen-bond acceptors (Lipinski definition) is 4. The smallest absolute Gasteiger partial charge is 0.135 e. The first-order chi connectivity index (χ1) is 16.9. The van der Waals surface area contributed by atoms with Gasteiger partial charge in [0.1, 0.15) is 11.6 Å². The molecule has 0 aromatic heterocycles. The van der Waals surface area contributed by atoms with Gasteiger partial charge in [-0.1, -0.05) is 82.8 Å². The van der Waals surface area contributed by atoms with Crippen LogP contribution in [0.2, 0.25) is 15.1 Å². The molecule has 4 rings (SSSR count). The molecule has 0 fully saturated rings. The van der Waals surface area contributed by atoms with Crippen molar-refractivity contribution >= 4 is 69.1 Å². The van der Waals surface area contributed by atoms with E-state index in [4.69, 9.17) is 51.1 Å². The summed E-state index contributed by atoms with van der Waals surface area (Å²) in [6.45, 7) is 4.74. The number of anilines is 1. The molecule has 0 aliphatic carbocycles. The fraction of sp³-hybridized carbons (Fsp3) is 0.259. The van der Waals surface area contributed by atoms with Crippen LogP contribution >= 0.6 is 63.4 Å². The maximum Gasteiger partial charge on any atom is 0.135 e. The van der Waals surface area contributed by atoms with Gasteiger partial charge in [-0.25, -0.2) is 0 Å². The van der Waals surface area contributed by atoms with E-state index in [0.29, 0.717) is 28.3 Å². The van der Waals surface area contributed by atoms with Crippen LogP contribution in [0.3, 0.4) is 0 Å². The van der Waals surface area contributed by atoms with Gasteiger partial charge in [-0.3, -0.25) is 0 Å². The van der Waals surface area contributed by atoms with E-state index in [-0.39, 0.29) is 17.0 Å². The number of ether oxygens (including phenoxy) is 1. The molecule has 3 aromatic carbocycles. The highest BCUT2D eigenvalue weighted by molar-refractivity contribution is 8.93. The molecule has 1 aliphatic rings. The predicted molar refractivity (Wildman–Crippen MR) is 158 cm³/mol. The van der Waals surface area contributed by atoms with Crippen LogP contribution in [0.1, 0.15) is 22.8 Å². The number of alkyl halides is 1. The number of para-hydroxylation sites is 1. The molecule has 1 aliphatic heterocycles. The van der Waals surface area contributed by atoms with E-state index >= 15 is 0 Å². The van der Waals surface area contributed by atoms with Crippen molar-refractivity contribution in [2.45, 2.75) is 25.1 Å². The van der Waals surface area contributed by atoms with Crippen molar-refractivity contribution in [2.75, 3.05) is 25.1 Å². The molecular weight excluding hydrogens is 604 g/mol. The van der Waals surface area contributed by atoms with E-state index in [2.05, 4.69) is 40.4 Å². The Kier molecular flexibility index (Phi) is 11.1. The minimum Gasteiger partial charge on any atom is -0.383 e. The van der Waals surface area contributed by atoms with Gasteiger partial charge in [0.2, 0.25) is 0 Å². The van der Waals surface area contributed by atoms with Crippen molar-refractivity contribution in [3.8, 4) is 0 Å². The second kappa shape index (κ2) is 13.8. The summed E-state index contributed by atoms with van der Waals surface area (Å²) < 4.78 is 6.33. The summed E-state index contributed by atoms with van der Waals surface area (Å²) in [7, 11) is 0. The van der Waals surface area contributed by atoms with E-state index in [1.54, 1.807) is 12.1 Å². The van der Waals surface area contributed by atoms with Gasteiger partial charge < -0.3 is 19.9 Å². The standard InChI is InChI=1S/C27H27Cl4N3O.BrH/c1-19-4-2-3-5-25(19)32-12-13-33-14-15-34(18-33)27(31)26(20-6-9-22(28)10-7-20)35-17-21-8-11-23(29)16-24(21)30;/h2-11,14-16,26-27,32H,12-13,17-18H2,1H3;1H. The Balaban J connectivity index is 0.00000361. The molecule has 4 nitrogen and oxygen atoms in total. The average molecular weight is 632 g/mol. The molecule has 1 N–H and O–H groups in total. The van der Waals surface area contributed by atoms with Crippen LogP contribution in [0, 0.1) is 6.92 Å². The molecule has 2 atom stereocenters. The summed E-state index contributed by atoms with van der Waals surface area (Å²) in [4.78, 5) is 4.29. The van der Waals surface area contributed by atoms with E-state index in [9.17, 15) is 0 Å². The lowest BCUT2D eigenvalue weighted by molar-refractivity contribution is 0.00697. The van der Waals surface area contributed by atoms with E-state index < -0.39 is 11.6 Å². The van der Waals surface area contributed by atoms with Gasteiger partial charge in [0.05, 0.1) is 13.3 Å². The molecular formula is C27H28BrCl4N3O. The van der Waals surface area contributed by atoms with Crippen molar-refractivity contribution in [1.29, 1.82) is 0 Å². The summed E-state index contributed by atoms with van der Waals surface area (Å²) in [6, 6.07) is 21.2. The molecule has 0 bridgehead atoms. The summed E-state index contributed by atoms with van der Waals surface area (Å²) >= 11 is 25.5. The molecule has 2 unspecified atom stereocenters. The van der Waals surface area contributed by atoms with Crippen LogP contribution in [0.4, 0.5) is 5.69 Å². The van der Waals surface area contributed by atoms with Crippen LogP contribution in [0.25, 0.3) is 0 Å². The third-order valence-corrected chi connectivity index (χ3v) is 7.19. The Morgan fingerprint density at radius 1 is 0.944 bits per heavy atom. The number of rotatable bonds is 10. The Morgan fingerprint density at radius 2 is 1.67 bits per heavy atom. The predicted octanol–water partition coefficient (Wildman–Crippen LogP) is 8.51. The number of nitrogens with zero attached hydrogens (tertiary/aromatic N) is 2. The number of nitrogens with one attached hydrogen (secondary N) is 1. The second-order valence-corrected chi connectivity index (χ2v) is 10.1. The SMILES string of the molecule is Br.Cc1ccccc1NCCN1C=CN(C(Cl)C(OCc2ccc(Cl)cc2Cl)c2ccc(Cl)cc2)C1. The third kappa shape index (κ3) is 7.70. The maximum atomic E-state index is 7.00. The highest BCUT2D eigenvalue weighted by atomic mass is 79.9. The summed E-state index contributed by atoms with van der Waals surface area (Å²) in [5.41, 5.74) is 3.73. The molecule has 0 radical (unpaired) electrons. The van der Waals surface area contributed by atoms with Crippen LogP contribution in [0.15, 0.2) is 79.1 Å². The van der Waals surface area contributed by atoms with Crippen molar-refractivity contribution in [1.82, 2.24) is 9.80 Å². The average Bonchev–Trinajstić information content (AvgIpc) is 3.31. The summed E-state index contributed by atoms with van der Waals surface area (Å²) in [6.07, 6.45) is 3.66. The molecule has 192 valence electrons. The lowest BCUT2D eigenvalue weighted by Crippen LogP contribution is -2.36. The minimum atomic E-state index is -0.437. The molecule has 0 spiro atoms. The number of hydrogen-bond donors (Lipinski definition) is 1. The maximum absolute atomic E-state index is 7.00. The molecule has 9 heteroatoms. The second-order valence-electron chi connectivity index (χ2n) is 8.40. The number of halogens is 5. The fourth-order valence-electron chi connectivity index (χ4n) is 3.87. The Bertz CT molecular complexity index is 1160. The van der Waals surface area contributed by atoms with Crippen molar-refractivity contribution < 1.29 is 4.74 Å². The van der Waals surface area contributed by atoms with Gasteiger partial charge in [0, 0.05) is 46.2 Å². The van der Waals surface area contributed by atoms with Gasteiger partial charge >= 0.3 is 0 Å². The molecule has 0 amide bonds. The Labute approximate surface area is 243 Å². The molecule has 0 saturated heterocycles. The Morgan fingerprint density at radius 3 is 2.39 bits per heavy atom. The zero-order chi connectivity index (χ0) is 24.8. The van der Waals surface area contributed by atoms with Gasteiger partial charge in [-0.05, 0) is 53.9 Å². The van der Waals surface area contributed by atoms with Crippen LogP contribution < -0.4 is 5.32 Å². The lowest BCUT2D eigenvalue weighted by Gasteiger charge is -2.31. The van der Waals surface area contributed by atoms with Gasteiger partial charge in [-0.2, -0.15) is 0 Å². The first kappa shape index (κ1) is 29.0. The fourth-order valence-corrected chi connectivity index (χ4v) is 4.81. The molecule has 36 heavy (non-hydrogen) atoms. The van der Waals surface area contributed by atoms with Crippen molar-refractivity contribution in [2.24, 2.45) is 0 Å². The van der Waals surface area contributed by atoms with Crippen LogP contribution in [-0.2, 0) is 11.3 Å². The van der Waals surface area contributed by atoms with Gasteiger partial charge in [0.25, 0.3) is 0 Å². The Hall–Kier alpha value is -1.60. The minimum absolute atomic E-state index is 0. The third-order valence-electron chi connectivity index (χ3n) is 5.87. The van der Waals surface area contributed by atoms with Crippen molar-refractivity contribution in [3.63, 3.8) is 0 Å². The number of aryl methyl sites for hydroxylation is 1. The van der Waals surface area contributed by atoms with E-state index in [1.165, 1.54) is 5.56 Å². The highest BCUT2D eigenvalue weighted by Gasteiger charge is 2.29. The van der Waals surface area contributed by atoms with Gasteiger partial charge in [-0.15, -0.1) is 17.0 Å². The summed E-state index contributed by atoms with van der Waals surface area (Å²) in [5.74, 6) is 0. The lowest BCUT2D eigenvalue weighted by atomic mass is 10.1.